The number of fused-ring (bicyclic) bond motifs is 3. The molecule has 0 saturated heterocycles. The summed E-state index contributed by atoms with van der Waals surface area (Å²) in [7, 11) is 1.70. The van der Waals surface area contributed by atoms with Gasteiger partial charge >= 0.3 is 0 Å². The van der Waals surface area contributed by atoms with Crippen LogP contribution in [-0.2, 0) is 0 Å². The van der Waals surface area contributed by atoms with Crippen molar-refractivity contribution >= 4 is 43.9 Å². The van der Waals surface area contributed by atoms with Crippen molar-refractivity contribution in [1.82, 2.24) is 14.3 Å². The van der Waals surface area contributed by atoms with Gasteiger partial charge in [0.25, 0.3) is 5.91 Å². The number of aliphatic hydroxyl groups excluding tert-OH is 1. The zero-order valence-electron chi connectivity index (χ0n) is 10.5. The second kappa shape index (κ2) is 4.59. The fourth-order valence-corrected chi connectivity index (χ4v) is 3.63. The van der Waals surface area contributed by atoms with E-state index in [1.165, 1.54) is 11.3 Å². The molecular weight excluding hydrogens is 282 g/mol. The van der Waals surface area contributed by atoms with Gasteiger partial charge in [0, 0.05) is 18.6 Å². The van der Waals surface area contributed by atoms with Crippen LogP contribution in [0.5, 0.6) is 0 Å². The van der Waals surface area contributed by atoms with Crippen LogP contribution < -0.4 is 0 Å². The van der Waals surface area contributed by atoms with Crippen molar-refractivity contribution in [2.75, 3.05) is 13.7 Å². The Hall–Kier alpha value is -1.44. The van der Waals surface area contributed by atoms with Gasteiger partial charge in [0.05, 0.1) is 23.0 Å². The summed E-state index contributed by atoms with van der Waals surface area (Å²) in [6, 6.07) is 1.68. The maximum absolute atomic E-state index is 12.3. The summed E-state index contributed by atoms with van der Waals surface area (Å²) in [5.74, 6) is -0.0754. The zero-order valence-corrected chi connectivity index (χ0v) is 12.2. The van der Waals surface area contributed by atoms with Gasteiger partial charge in [0.15, 0.2) is 4.96 Å². The first-order valence-electron chi connectivity index (χ1n) is 5.85. The number of likely N-dealkylation sites (N-methyl/N-ethyl adjacent to an activating group) is 1. The Kier molecular flexibility index (Phi) is 3.04. The van der Waals surface area contributed by atoms with Gasteiger partial charge in [-0.25, -0.2) is 4.98 Å². The van der Waals surface area contributed by atoms with E-state index in [2.05, 4.69) is 4.98 Å². The number of amides is 1. The first-order valence-corrected chi connectivity index (χ1v) is 7.54. The first-order chi connectivity index (χ1) is 9.11. The maximum Gasteiger partial charge on any atom is 0.264 e. The van der Waals surface area contributed by atoms with Crippen LogP contribution in [0.3, 0.4) is 0 Å². The quantitative estimate of drug-likeness (QED) is 0.804. The third kappa shape index (κ3) is 1.94. The van der Waals surface area contributed by atoms with Gasteiger partial charge in [-0.05, 0) is 13.0 Å². The summed E-state index contributed by atoms with van der Waals surface area (Å²) in [5.41, 5.74) is 0.967. The van der Waals surface area contributed by atoms with Crippen LogP contribution in [0.1, 0.15) is 16.6 Å². The predicted molar refractivity (Wildman–Crippen MR) is 77.1 cm³/mol. The molecule has 7 heteroatoms. The molecule has 3 heterocycles. The average Bonchev–Trinajstić information content (AvgIpc) is 3.06. The van der Waals surface area contributed by atoms with Gasteiger partial charge in [0.2, 0.25) is 0 Å². The van der Waals surface area contributed by atoms with Crippen molar-refractivity contribution < 1.29 is 9.90 Å². The van der Waals surface area contributed by atoms with Gasteiger partial charge < -0.3 is 10.0 Å². The third-order valence-electron chi connectivity index (χ3n) is 3.20. The van der Waals surface area contributed by atoms with Gasteiger partial charge in [-0.1, -0.05) is 0 Å². The molecule has 0 aliphatic rings. The topological polar surface area (TPSA) is 57.8 Å². The van der Waals surface area contributed by atoms with Crippen LogP contribution in [0.4, 0.5) is 0 Å². The SMILES string of the molecule is CC(CO)N(C)C(=O)c1cc2c(nc3sccn32)s1. The standard InChI is InChI=1S/C12H13N3O2S2/c1-7(6-16)14(2)11(17)9-5-8-10(19-9)13-12-15(8)3-4-18-12/h3-5,7,16H,6H2,1-2H3. The highest BCUT2D eigenvalue weighted by Gasteiger charge is 2.20. The predicted octanol–water partition coefficient (Wildman–Crippen LogP) is 2.06. The molecular formula is C12H13N3O2S2. The van der Waals surface area contributed by atoms with Crippen molar-refractivity contribution in [3.05, 3.63) is 22.5 Å². The second-order valence-electron chi connectivity index (χ2n) is 4.42. The smallest absolute Gasteiger partial charge is 0.264 e. The molecule has 1 atom stereocenters. The minimum absolute atomic E-state index is 0.0405. The molecule has 5 nitrogen and oxygen atoms in total. The maximum atomic E-state index is 12.3. The zero-order chi connectivity index (χ0) is 13.6. The van der Waals surface area contributed by atoms with E-state index in [1.807, 2.05) is 29.0 Å². The molecule has 100 valence electrons. The van der Waals surface area contributed by atoms with Crippen molar-refractivity contribution in [3.8, 4) is 0 Å². The van der Waals surface area contributed by atoms with Gasteiger partial charge in [-0.15, -0.1) is 22.7 Å². The highest BCUT2D eigenvalue weighted by atomic mass is 32.1. The Morgan fingerprint density at radius 3 is 3.16 bits per heavy atom. The molecule has 0 saturated carbocycles. The molecule has 0 aliphatic carbocycles. The van der Waals surface area contributed by atoms with Crippen molar-refractivity contribution in [3.63, 3.8) is 0 Å². The summed E-state index contributed by atoms with van der Waals surface area (Å²) in [6.45, 7) is 1.77. The molecule has 1 N–H and O–H groups in total. The molecule has 19 heavy (non-hydrogen) atoms. The van der Waals surface area contributed by atoms with E-state index in [9.17, 15) is 4.79 Å². The van der Waals surface area contributed by atoms with E-state index in [-0.39, 0.29) is 18.6 Å². The molecule has 3 rings (SSSR count). The van der Waals surface area contributed by atoms with E-state index >= 15 is 0 Å². The Morgan fingerprint density at radius 2 is 2.42 bits per heavy atom. The summed E-state index contributed by atoms with van der Waals surface area (Å²) >= 11 is 2.97. The number of rotatable bonds is 3. The highest BCUT2D eigenvalue weighted by Crippen LogP contribution is 2.29. The van der Waals surface area contributed by atoms with Gasteiger partial charge in [0.1, 0.15) is 4.83 Å². The van der Waals surface area contributed by atoms with E-state index in [0.29, 0.717) is 4.88 Å². The van der Waals surface area contributed by atoms with Crippen LogP contribution in [-0.4, -0.2) is 45.0 Å². The van der Waals surface area contributed by atoms with E-state index in [0.717, 1.165) is 15.3 Å². The number of carbonyl (C=O) groups is 1. The van der Waals surface area contributed by atoms with Crippen LogP contribution >= 0.6 is 22.7 Å². The average molecular weight is 295 g/mol. The molecule has 3 aromatic heterocycles. The van der Waals surface area contributed by atoms with E-state index in [1.54, 1.807) is 23.3 Å². The fourth-order valence-electron chi connectivity index (χ4n) is 1.85. The molecule has 3 aromatic rings. The number of nitrogens with zero attached hydrogens (tertiary/aromatic N) is 3. The normalized spacial score (nSPS) is 13.2. The van der Waals surface area contributed by atoms with Crippen molar-refractivity contribution in [1.29, 1.82) is 0 Å². The third-order valence-corrected chi connectivity index (χ3v) is 4.96. The number of hydrogen-bond acceptors (Lipinski definition) is 5. The van der Waals surface area contributed by atoms with Crippen LogP contribution in [0, 0.1) is 0 Å². The lowest BCUT2D eigenvalue weighted by atomic mass is 10.3. The lowest BCUT2D eigenvalue weighted by Crippen LogP contribution is -2.36. The lowest BCUT2D eigenvalue weighted by Gasteiger charge is -2.22. The Labute approximate surface area is 117 Å². The van der Waals surface area contributed by atoms with Crippen LogP contribution in [0.2, 0.25) is 0 Å². The summed E-state index contributed by atoms with van der Waals surface area (Å²) in [4.78, 5) is 20.8. The van der Waals surface area contributed by atoms with E-state index < -0.39 is 0 Å². The number of thiazole rings is 1. The fraction of sp³-hybridized carbons (Fsp3) is 0.333. The molecule has 0 aliphatic heterocycles. The Morgan fingerprint density at radius 1 is 1.63 bits per heavy atom. The molecule has 0 spiro atoms. The molecule has 0 radical (unpaired) electrons. The van der Waals surface area contributed by atoms with Crippen molar-refractivity contribution in [2.24, 2.45) is 0 Å². The summed E-state index contributed by atoms with van der Waals surface area (Å²) in [6.07, 6.45) is 1.95. The number of aliphatic hydroxyl groups is 1. The largest absolute Gasteiger partial charge is 0.394 e. The Bertz CT molecular complexity index is 742. The van der Waals surface area contributed by atoms with E-state index in [4.69, 9.17) is 5.11 Å². The number of carbonyl (C=O) groups excluding carboxylic acids is 1. The first kappa shape index (κ1) is 12.6. The number of imidazole rings is 1. The monoisotopic (exact) mass is 295 g/mol. The summed E-state index contributed by atoms with van der Waals surface area (Å²) in [5, 5.41) is 11.1. The minimum Gasteiger partial charge on any atom is -0.394 e. The molecule has 1 unspecified atom stereocenters. The molecule has 0 bridgehead atoms. The van der Waals surface area contributed by atoms with Crippen LogP contribution in [0.25, 0.3) is 15.3 Å². The minimum atomic E-state index is -0.189. The number of thiophene rings is 1. The second-order valence-corrected chi connectivity index (χ2v) is 6.32. The Balaban J connectivity index is 2.00. The van der Waals surface area contributed by atoms with Gasteiger partial charge in [-0.3, -0.25) is 9.20 Å². The van der Waals surface area contributed by atoms with Crippen LogP contribution in [0.15, 0.2) is 17.6 Å². The molecule has 1 amide bonds. The molecule has 0 fully saturated rings. The number of hydrogen-bond donors (Lipinski definition) is 1. The lowest BCUT2D eigenvalue weighted by molar-refractivity contribution is 0.0687. The summed E-state index contributed by atoms with van der Waals surface area (Å²) < 4.78 is 1.99. The molecule has 0 aromatic carbocycles. The van der Waals surface area contributed by atoms with Gasteiger partial charge in [-0.2, -0.15) is 0 Å². The highest BCUT2D eigenvalue weighted by molar-refractivity contribution is 7.21. The number of aromatic nitrogens is 2. The van der Waals surface area contributed by atoms with Crippen molar-refractivity contribution in [2.45, 2.75) is 13.0 Å².